The van der Waals surface area contributed by atoms with E-state index >= 15 is 0 Å². The summed E-state index contributed by atoms with van der Waals surface area (Å²) in [5.74, 6) is 0. The van der Waals surface area contributed by atoms with Crippen molar-refractivity contribution in [2.45, 2.75) is 58.3 Å². The van der Waals surface area contributed by atoms with Crippen molar-refractivity contribution in [3.63, 3.8) is 0 Å². The molecule has 0 atom stereocenters. The van der Waals surface area contributed by atoms with Crippen molar-refractivity contribution >= 4 is 30.6 Å². The van der Waals surface area contributed by atoms with Crippen LogP contribution in [0.15, 0.2) is 0 Å². The highest BCUT2D eigenvalue weighted by atomic mass is 31.2. The minimum absolute atomic E-state index is 0. The second-order valence-corrected chi connectivity index (χ2v) is 5.64. The Balaban J connectivity index is 0. The summed E-state index contributed by atoms with van der Waals surface area (Å²) in [6, 6.07) is 0. The van der Waals surface area contributed by atoms with Crippen molar-refractivity contribution in [2.24, 2.45) is 0 Å². The maximum Gasteiger partial charge on any atom is 0.325 e. The topological polar surface area (TPSA) is 57.5 Å². The molecule has 0 aromatic carbocycles. The highest BCUT2D eigenvalue weighted by molar-refractivity contribution is 7.51. The third kappa shape index (κ3) is 17.5. The summed E-state index contributed by atoms with van der Waals surface area (Å²) >= 11 is 0. The molecular formula is C10H25MgO3P. The lowest BCUT2D eigenvalue weighted by Gasteiger charge is -2.03. The molecule has 0 fully saturated rings. The number of rotatable bonds is 9. The minimum atomic E-state index is -3.73. The molecule has 0 bridgehead atoms. The maximum absolute atomic E-state index is 10.5. The Kier molecular flexibility index (Phi) is 13.9. The molecule has 0 rings (SSSR count). The van der Waals surface area contributed by atoms with Gasteiger partial charge in [-0.2, -0.15) is 0 Å². The second-order valence-electron chi connectivity index (χ2n) is 3.86. The Bertz CT molecular complexity index is 170. The van der Waals surface area contributed by atoms with Gasteiger partial charge in [0.15, 0.2) is 0 Å². The molecule has 3 nitrogen and oxygen atoms in total. The van der Waals surface area contributed by atoms with Crippen LogP contribution in [0, 0.1) is 0 Å². The van der Waals surface area contributed by atoms with Crippen LogP contribution >= 0.6 is 7.60 Å². The van der Waals surface area contributed by atoms with Crippen molar-refractivity contribution in [1.82, 2.24) is 0 Å². The highest BCUT2D eigenvalue weighted by Gasteiger charge is 2.10. The van der Waals surface area contributed by atoms with Gasteiger partial charge in [-0.15, -0.1) is 0 Å². The van der Waals surface area contributed by atoms with Crippen molar-refractivity contribution in [1.29, 1.82) is 0 Å². The Hall–Kier alpha value is 0.916. The summed E-state index contributed by atoms with van der Waals surface area (Å²) in [6.07, 6.45) is 9.14. The molecule has 0 aromatic heterocycles. The molecule has 0 aliphatic heterocycles. The smallest absolute Gasteiger partial charge is 0.324 e. The molecule has 90 valence electrons. The Morgan fingerprint density at radius 1 is 0.867 bits per heavy atom. The minimum Gasteiger partial charge on any atom is -0.324 e. The first kappa shape index (κ1) is 18.3. The van der Waals surface area contributed by atoms with Crippen LogP contribution in [0.4, 0.5) is 0 Å². The van der Waals surface area contributed by atoms with Crippen LogP contribution in [0.3, 0.4) is 0 Å². The molecule has 0 heterocycles. The van der Waals surface area contributed by atoms with Gasteiger partial charge in [0.05, 0.1) is 0 Å². The average Bonchev–Trinajstić information content (AvgIpc) is 2.08. The molecule has 0 amide bonds. The fourth-order valence-electron chi connectivity index (χ4n) is 1.45. The summed E-state index contributed by atoms with van der Waals surface area (Å²) in [7, 11) is -3.73. The van der Waals surface area contributed by atoms with E-state index in [9.17, 15) is 4.57 Å². The van der Waals surface area contributed by atoms with E-state index in [1.807, 2.05) is 0 Å². The largest absolute Gasteiger partial charge is 0.325 e. The average molecular weight is 249 g/mol. The summed E-state index contributed by atoms with van der Waals surface area (Å²) in [5.41, 5.74) is 0. The standard InChI is InChI=1S/C10H23O3P.Mg.2H/c1-2-3-4-5-6-7-8-9-10-14(11,12)13;;;/h2-10H2,1H3,(H2,11,12,13);;;. The summed E-state index contributed by atoms with van der Waals surface area (Å²) in [6.45, 7) is 2.19. The number of hydrogen-bond acceptors (Lipinski definition) is 1. The van der Waals surface area contributed by atoms with Crippen molar-refractivity contribution in [3.05, 3.63) is 0 Å². The van der Waals surface area contributed by atoms with Crippen molar-refractivity contribution in [3.8, 4) is 0 Å². The molecule has 0 radical (unpaired) electrons. The van der Waals surface area contributed by atoms with Gasteiger partial charge in [0.25, 0.3) is 0 Å². The normalized spacial score (nSPS) is 11.1. The van der Waals surface area contributed by atoms with E-state index in [0.717, 1.165) is 12.8 Å². The van der Waals surface area contributed by atoms with E-state index in [1.54, 1.807) is 0 Å². The van der Waals surface area contributed by atoms with Gasteiger partial charge >= 0.3 is 30.6 Å². The van der Waals surface area contributed by atoms with E-state index < -0.39 is 7.60 Å². The van der Waals surface area contributed by atoms with Crippen LogP contribution in [0.25, 0.3) is 0 Å². The first-order valence-corrected chi connectivity index (χ1v) is 7.40. The first-order valence-electron chi connectivity index (χ1n) is 5.61. The zero-order valence-corrected chi connectivity index (χ0v) is 10.0. The first-order chi connectivity index (χ1) is 6.56. The molecule has 0 aliphatic carbocycles. The van der Waals surface area contributed by atoms with Gasteiger partial charge in [-0.1, -0.05) is 51.9 Å². The number of hydrogen-bond donors (Lipinski definition) is 2. The van der Waals surface area contributed by atoms with Crippen molar-refractivity contribution < 1.29 is 14.4 Å². The van der Waals surface area contributed by atoms with E-state index in [0.29, 0.717) is 6.42 Å². The molecule has 2 N–H and O–H groups in total. The molecule has 5 heteroatoms. The molecule has 0 aromatic rings. The summed E-state index contributed by atoms with van der Waals surface area (Å²) < 4.78 is 10.5. The van der Waals surface area contributed by atoms with Gasteiger partial charge in [-0.3, -0.25) is 4.57 Å². The van der Waals surface area contributed by atoms with Crippen LogP contribution in [-0.2, 0) is 4.57 Å². The zero-order valence-electron chi connectivity index (χ0n) is 9.11. The van der Waals surface area contributed by atoms with Gasteiger partial charge in [-0.25, -0.2) is 0 Å². The van der Waals surface area contributed by atoms with E-state index in [2.05, 4.69) is 6.92 Å². The molecule has 0 saturated carbocycles. The predicted octanol–water partition coefficient (Wildman–Crippen LogP) is 2.39. The van der Waals surface area contributed by atoms with Gasteiger partial charge in [0, 0.05) is 6.16 Å². The van der Waals surface area contributed by atoms with Crippen LogP contribution in [-0.4, -0.2) is 39.0 Å². The molecular weight excluding hydrogens is 223 g/mol. The monoisotopic (exact) mass is 248 g/mol. The third-order valence-corrected chi connectivity index (χ3v) is 3.20. The van der Waals surface area contributed by atoms with Crippen LogP contribution < -0.4 is 0 Å². The Labute approximate surface area is 109 Å². The maximum atomic E-state index is 10.5. The van der Waals surface area contributed by atoms with Gasteiger partial charge in [0.2, 0.25) is 0 Å². The molecule has 15 heavy (non-hydrogen) atoms. The van der Waals surface area contributed by atoms with E-state index in [-0.39, 0.29) is 29.2 Å². The lowest BCUT2D eigenvalue weighted by atomic mass is 10.1. The highest BCUT2D eigenvalue weighted by Crippen LogP contribution is 2.35. The quantitative estimate of drug-likeness (QED) is 0.374. The number of unbranched alkanes of at least 4 members (excludes halogenated alkanes) is 7. The predicted molar refractivity (Wildman–Crippen MR) is 68.1 cm³/mol. The van der Waals surface area contributed by atoms with Crippen LogP contribution in [0.1, 0.15) is 58.3 Å². The summed E-state index contributed by atoms with van der Waals surface area (Å²) in [5, 5.41) is 0. The lowest BCUT2D eigenvalue weighted by Crippen LogP contribution is -1.88. The fourth-order valence-corrected chi connectivity index (χ4v) is 2.09. The van der Waals surface area contributed by atoms with E-state index in [4.69, 9.17) is 9.79 Å². The van der Waals surface area contributed by atoms with Crippen LogP contribution in [0.2, 0.25) is 0 Å². The van der Waals surface area contributed by atoms with Gasteiger partial charge in [0.1, 0.15) is 0 Å². The SMILES string of the molecule is CCCCCCCCCCP(=O)(O)O.[MgH2]. The van der Waals surface area contributed by atoms with Gasteiger partial charge in [-0.05, 0) is 6.42 Å². The van der Waals surface area contributed by atoms with E-state index in [1.165, 1.54) is 32.1 Å². The lowest BCUT2D eigenvalue weighted by molar-refractivity contribution is 0.370. The summed E-state index contributed by atoms with van der Waals surface area (Å²) in [4.78, 5) is 17.2. The Morgan fingerprint density at radius 2 is 1.27 bits per heavy atom. The molecule has 0 saturated heterocycles. The zero-order chi connectivity index (χ0) is 10.9. The Morgan fingerprint density at radius 3 is 1.67 bits per heavy atom. The molecule has 0 spiro atoms. The fraction of sp³-hybridized carbons (Fsp3) is 1.00. The molecule has 0 aliphatic rings. The molecule has 0 unspecified atom stereocenters. The third-order valence-electron chi connectivity index (χ3n) is 2.30. The van der Waals surface area contributed by atoms with Crippen molar-refractivity contribution in [2.75, 3.05) is 6.16 Å². The van der Waals surface area contributed by atoms with Gasteiger partial charge < -0.3 is 9.79 Å². The second kappa shape index (κ2) is 11.4. The van der Waals surface area contributed by atoms with Crippen LogP contribution in [0.5, 0.6) is 0 Å².